The average molecular weight is 186 g/mol. The molecule has 1 rings (SSSR count). The maximum Gasteiger partial charge on any atom is 0.301 e. The van der Waals surface area contributed by atoms with E-state index in [2.05, 4.69) is 27.4 Å². The van der Waals surface area contributed by atoms with Crippen molar-refractivity contribution < 1.29 is 4.79 Å². The number of nitrogens with zero attached hydrogens (tertiary/aromatic N) is 1. The second kappa shape index (κ2) is 5.22. The van der Waals surface area contributed by atoms with Crippen molar-refractivity contribution in [3.8, 4) is 11.8 Å². The highest BCUT2D eigenvalue weighted by Crippen LogP contribution is 1.96. The Bertz CT molecular complexity index is 296. The minimum absolute atomic E-state index is 0. The fourth-order valence-electron chi connectivity index (χ4n) is 0.593. The Morgan fingerprint density at radius 2 is 2.50 bits per heavy atom. The number of carbonyl (C=O) groups is 1. The number of rotatable bonds is 1. The van der Waals surface area contributed by atoms with Crippen LogP contribution in [0.1, 0.15) is 6.92 Å². The fraction of sp³-hybridized carbons (Fsp3) is 0.143. The molecule has 0 aliphatic heterocycles. The highest BCUT2D eigenvalue weighted by atomic mass is 35.5. The van der Waals surface area contributed by atoms with Crippen LogP contribution >= 0.6 is 12.4 Å². The number of hydrogen-bond donors (Lipinski definition) is 2. The third-order valence-corrected chi connectivity index (χ3v) is 0.987. The van der Waals surface area contributed by atoms with Gasteiger partial charge in [0, 0.05) is 6.07 Å². The van der Waals surface area contributed by atoms with Crippen LogP contribution < -0.4 is 5.32 Å². The molecule has 0 aromatic carbocycles. The van der Waals surface area contributed by atoms with Crippen LogP contribution in [0.15, 0.2) is 12.3 Å². The lowest BCUT2D eigenvalue weighted by Gasteiger charge is -1.92. The molecule has 12 heavy (non-hydrogen) atoms. The van der Waals surface area contributed by atoms with Gasteiger partial charge in [0.05, 0.1) is 6.20 Å². The third kappa shape index (κ3) is 3.08. The van der Waals surface area contributed by atoms with Gasteiger partial charge in [-0.05, 0) is 12.8 Å². The zero-order chi connectivity index (χ0) is 8.10. The minimum Gasteiger partial charge on any atom is -0.300 e. The van der Waals surface area contributed by atoms with Gasteiger partial charge in [0.25, 0.3) is 0 Å². The zero-order valence-electron chi connectivity index (χ0n) is 6.42. The SMILES string of the molecule is CC#CC(=O)Nc1ccn[nH]1.Cl. The molecule has 0 fully saturated rings. The number of nitrogens with one attached hydrogen (secondary N) is 2. The zero-order valence-corrected chi connectivity index (χ0v) is 7.23. The van der Waals surface area contributed by atoms with E-state index < -0.39 is 0 Å². The number of carbonyl (C=O) groups excluding carboxylic acids is 1. The average Bonchev–Trinajstić information content (AvgIpc) is 2.40. The molecule has 64 valence electrons. The lowest BCUT2D eigenvalue weighted by atomic mass is 10.5. The molecule has 0 saturated carbocycles. The first-order valence-corrected chi connectivity index (χ1v) is 3.06. The first-order valence-electron chi connectivity index (χ1n) is 3.06. The second-order valence-electron chi connectivity index (χ2n) is 1.80. The van der Waals surface area contributed by atoms with Gasteiger partial charge in [-0.25, -0.2) is 0 Å². The molecular weight excluding hydrogens is 178 g/mol. The number of aromatic amines is 1. The summed E-state index contributed by atoms with van der Waals surface area (Å²) in [6, 6.07) is 1.65. The van der Waals surface area contributed by atoms with Gasteiger partial charge in [-0.3, -0.25) is 9.89 Å². The summed E-state index contributed by atoms with van der Waals surface area (Å²) in [4.78, 5) is 10.8. The number of amides is 1. The van der Waals surface area contributed by atoms with Gasteiger partial charge in [0.2, 0.25) is 0 Å². The molecule has 0 spiro atoms. The topological polar surface area (TPSA) is 57.8 Å². The van der Waals surface area contributed by atoms with E-state index in [4.69, 9.17) is 0 Å². The van der Waals surface area contributed by atoms with Gasteiger partial charge in [-0.2, -0.15) is 5.10 Å². The molecule has 1 aromatic rings. The van der Waals surface area contributed by atoms with E-state index in [0.717, 1.165) is 0 Å². The summed E-state index contributed by atoms with van der Waals surface area (Å²) in [5.74, 6) is 5.04. The predicted molar refractivity (Wildman–Crippen MR) is 47.9 cm³/mol. The smallest absolute Gasteiger partial charge is 0.300 e. The number of aromatic nitrogens is 2. The first kappa shape index (κ1) is 10.5. The molecule has 1 aromatic heterocycles. The van der Waals surface area contributed by atoms with Crippen LogP contribution in [0.2, 0.25) is 0 Å². The van der Waals surface area contributed by atoms with E-state index in [9.17, 15) is 4.79 Å². The Balaban J connectivity index is 0.00000121. The molecule has 0 unspecified atom stereocenters. The monoisotopic (exact) mass is 185 g/mol. The summed E-state index contributed by atoms with van der Waals surface area (Å²) in [5.41, 5.74) is 0. The maximum absolute atomic E-state index is 10.8. The van der Waals surface area contributed by atoms with E-state index in [1.54, 1.807) is 19.2 Å². The van der Waals surface area contributed by atoms with Crippen molar-refractivity contribution in [2.24, 2.45) is 0 Å². The molecule has 5 heteroatoms. The van der Waals surface area contributed by atoms with E-state index >= 15 is 0 Å². The Labute approximate surface area is 76.2 Å². The van der Waals surface area contributed by atoms with Crippen molar-refractivity contribution in [2.75, 3.05) is 5.32 Å². The summed E-state index contributed by atoms with van der Waals surface area (Å²) in [7, 11) is 0. The lowest BCUT2D eigenvalue weighted by molar-refractivity contribution is -0.111. The van der Waals surface area contributed by atoms with Crippen LogP contribution in [0.4, 0.5) is 5.82 Å². The summed E-state index contributed by atoms with van der Waals surface area (Å²) in [6.45, 7) is 1.60. The molecule has 4 nitrogen and oxygen atoms in total. The molecule has 0 atom stereocenters. The Morgan fingerprint density at radius 3 is 3.00 bits per heavy atom. The van der Waals surface area contributed by atoms with Gasteiger partial charge in [0.1, 0.15) is 5.82 Å². The molecule has 1 amide bonds. The largest absolute Gasteiger partial charge is 0.301 e. The Hall–Kier alpha value is -1.47. The predicted octanol–water partition coefficient (Wildman–Crippen LogP) is 0.793. The Kier molecular flexibility index (Phi) is 4.58. The molecule has 0 saturated heterocycles. The van der Waals surface area contributed by atoms with Crippen molar-refractivity contribution >= 4 is 24.1 Å². The van der Waals surface area contributed by atoms with Crippen LogP contribution in [0.3, 0.4) is 0 Å². The highest BCUT2D eigenvalue weighted by Gasteiger charge is 1.95. The molecular formula is C7H8ClN3O. The standard InChI is InChI=1S/C7H7N3O.ClH/c1-2-3-7(11)9-6-4-5-8-10-6;/h4-5H,1H3,(H2,8,9,10,11);1H. The lowest BCUT2D eigenvalue weighted by Crippen LogP contribution is -2.08. The number of hydrogen-bond acceptors (Lipinski definition) is 2. The highest BCUT2D eigenvalue weighted by molar-refractivity contribution is 6.03. The molecule has 0 radical (unpaired) electrons. The van der Waals surface area contributed by atoms with Crippen molar-refractivity contribution in [3.63, 3.8) is 0 Å². The molecule has 0 bridgehead atoms. The molecule has 1 heterocycles. The van der Waals surface area contributed by atoms with E-state index in [1.165, 1.54) is 0 Å². The van der Waals surface area contributed by atoms with Crippen molar-refractivity contribution in [3.05, 3.63) is 12.3 Å². The maximum atomic E-state index is 10.8. The van der Waals surface area contributed by atoms with Crippen LogP contribution in [0.5, 0.6) is 0 Å². The van der Waals surface area contributed by atoms with Crippen LogP contribution in [-0.4, -0.2) is 16.1 Å². The van der Waals surface area contributed by atoms with Gasteiger partial charge in [-0.15, -0.1) is 12.4 Å². The van der Waals surface area contributed by atoms with E-state index in [1.807, 2.05) is 0 Å². The van der Waals surface area contributed by atoms with Crippen LogP contribution in [0.25, 0.3) is 0 Å². The number of halogens is 1. The number of H-pyrrole nitrogens is 1. The molecule has 0 aliphatic rings. The van der Waals surface area contributed by atoms with Gasteiger partial charge >= 0.3 is 5.91 Å². The first-order chi connectivity index (χ1) is 5.33. The van der Waals surface area contributed by atoms with E-state index in [-0.39, 0.29) is 18.3 Å². The van der Waals surface area contributed by atoms with Crippen molar-refractivity contribution in [1.29, 1.82) is 0 Å². The second-order valence-corrected chi connectivity index (χ2v) is 1.80. The molecule has 0 aliphatic carbocycles. The summed E-state index contributed by atoms with van der Waals surface area (Å²) in [5, 5.41) is 8.72. The van der Waals surface area contributed by atoms with Gasteiger partial charge in [-0.1, -0.05) is 5.92 Å². The third-order valence-electron chi connectivity index (χ3n) is 0.987. The summed E-state index contributed by atoms with van der Waals surface area (Å²) < 4.78 is 0. The fourth-order valence-corrected chi connectivity index (χ4v) is 0.593. The summed E-state index contributed by atoms with van der Waals surface area (Å²) in [6.07, 6.45) is 1.55. The van der Waals surface area contributed by atoms with Crippen molar-refractivity contribution in [2.45, 2.75) is 6.92 Å². The molecule has 2 N–H and O–H groups in total. The summed E-state index contributed by atoms with van der Waals surface area (Å²) >= 11 is 0. The van der Waals surface area contributed by atoms with Gasteiger partial charge < -0.3 is 5.32 Å². The van der Waals surface area contributed by atoms with Crippen LogP contribution in [-0.2, 0) is 4.79 Å². The van der Waals surface area contributed by atoms with Crippen molar-refractivity contribution in [1.82, 2.24) is 10.2 Å². The van der Waals surface area contributed by atoms with Gasteiger partial charge in [0.15, 0.2) is 0 Å². The number of anilines is 1. The normalized spacial score (nSPS) is 7.42. The van der Waals surface area contributed by atoms with E-state index in [0.29, 0.717) is 5.82 Å². The minimum atomic E-state index is -0.336. The Morgan fingerprint density at radius 1 is 1.75 bits per heavy atom. The van der Waals surface area contributed by atoms with Crippen LogP contribution in [0, 0.1) is 11.8 Å². The quantitative estimate of drug-likeness (QED) is 0.636.